The maximum absolute atomic E-state index is 9.60. The fraction of sp³-hybridized carbons (Fsp3) is 0.412. The standard InChI is InChI=1S/C34H46O2Si/c1-5-6-7-8-9-12-20-31(26-25-29-18-17-19-30(27-29)28-35)36-37(34(2,3)4,32-21-13-10-14-22-32)33-23-15-11-16-24-33/h10-11,13-19,21-27,31,35H,5-9,12,20,28H2,1-4H3/b26-25+. The first-order valence-electron chi connectivity index (χ1n) is 14.1. The lowest BCUT2D eigenvalue weighted by Crippen LogP contribution is -2.67. The first kappa shape index (κ1) is 29.1. The summed E-state index contributed by atoms with van der Waals surface area (Å²) in [6.07, 6.45) is 13.1. The van der Waals surface area contributed by atoms with Crippen LogP contribution in [0.25, 0.3) is 6.08 Å². The first-order valence-corrected chi connectivity index (χ1v) is 16.0. The second kappa shape index (κ2) is 14.5. The van der Waals surface area contributed by atoms with Gasteiger partial charge in [-0.25, -0.2) is 0 Å². The zero-order valence-corrected chi connectivity index (χ0v) is 24.3. The molecule has 1 atom stereocenters. The third kappa shape index (κ3) is 8.01. The molecule has 0 radical (unpaired) electrons. The molecule has 0 aliphatic heterocycles. The van der Waals surface area contributed by atoms with Crippen molar-refractivity contribution >= 4 is 24.8 Å². The van der Waals surface area contributed by atoms with E-state index >= 15 is 0 Å². The molecule has 0 aromatic heterocycles. The lowest BCUT2D eigenvalue weighted by atomic mass is 10.1. The molecule has 37 heavy (non-hydrogen) atoms. The molecule has 0 aliphatic carbocycles. The Hall–Kier alpha value is -2.46. The summed E-state index contributed by atoms with van der Waals surface area (Å²) in [5.41, 5.74) is 2.04. The Morgan fingerprint density at radius 1 is 0.784 bits per heavy atom. The maximum atomic E-state index is 9.60. The van der Waals surface area contributed by atoms with Crippen molar-refractivity contribution in [3.63, 3.8) is 0 Å². The van der Waals surface area contributed by atoms with Gasteiger partial charge in [-0.1, -0.05) is 157 Å². The van der Waals surface area contributed by atoms with Gasteiger partial charge >= 0.3 is 0 Å². The maximum Gasteiger partial charge on any atom is 0.261 e. The van der Waals surface area contributed by atoms with Gasteiger partial charge in [0, 0.05) is 0 Å². The monoisotopic (exact) mass is 514 g/mol. The molecule has 3 aromatic carbocycles. The van der Waals surface area contributed by atoms with Crippen LogP contribution in [-0.2, 0) is 11.0 Å². The fourth-order valence-electron chi connectivity index (χ4n) is 5.25. The highest BCUT2D eigenvalue weighted by molar-refractivity contribution is 6.99. The van der Waals surface area contributed by atoms with Gasteiger partial charge in [0.2, 0.25) is 0 Å². The molecule has 0 spiro atoms. The number of hydrogen-bond acceptors (Lipinski definition) is 2. The summed E-state index contributed by atoms with van der Waals surface area (Å²) in [5.74, 6) is 0. The molecule has 3 aromatic rings. The molecule has 3 heteroatoms. The zero-order chi connectivity index (χ0) is 26.6. The number of hydrogen-bond donors (Lipinski definition) is 1. The zero-order valence-electron chi connectivity index (χ0n) is 23.3. The fourth-order valence-corrected chi connectivity index (χ4v) is 9.92. The Balaban J connectivity index is 1.99. The number of rotatable bonds is 14. The van der Waals surface area contributed by atoms with E-state index < -0.39 is 8.32 Å². The molecule has 0 amide bonds. The van der Waals surface area contributed by atoms with Gasteiger partial charge in [-0.3, -0.25) is 0 Å². The summed E-state index contributed by atoms with van der Waals surface area (Å²) in [6.45, 7) is 9.35. The van der Waals surface area contributed by atoms with E-state index in [0.29, 0.717) is 0 Å². The van der Waals surface area contributed by atoms with Crippen molar-refractivity contribution in [1.82, 2.24) is 0 Å². The van der Waals surface area contributed by atoms with Crippen LogP contribution < -0.4 is 10.4 Å². The molecule has 0 heterocycles. The molecule has 0 bridgehead atoms. The van der Waals surface area contributed by atoms with Crippen molar-refractivity contribution in [2.24, 2.45) is 0 Å². The van der Waals surface area contributed by atoms with Gasteiger partial charge < -0.3 is 9.53 Å². The lowest BCUT2D eigenvalue weighted by molar-refractivity contribution is 0.219. The van der Waals surface area contributed by atoms with E-state index in [0.717, 1.165) is 24.0 Å². The average Bonchev–Trinajstić information content (AvgIpc) is 2.92. The van der Waals surface area contributed by atoms with E-state index in [1.807, 2.05) is 12.1 Å². The highest BCUT2D eigenvalue weighted by atomic mass is 28.4. The van der Waals surface area contributed by atoms with E-state index in [1.165, 1.54) is 42.5 Å². The van der Waals surface area contributed by atoms with Gasteiger partial charge in [-0.2, -0.15) is 0 Å². The Kier molecular flexibility index (Phi) is 11.4. The van der Waals surface area contributed by atoms with Gasteiger partial charge in [0.1, 0.15) is 0 Å². The SMILES string of the molecule is CCCCCCCCC(/C=C/c1cccc(CO)c1)O[Si](c1ccccc1)(c1ccccc1)C(C)(C)C. The number of unbranched alkanes of at least 4 members (excludes halogenated alkanes) is 5. The largest absolute Gasteiger partial charge is 0.401 e. The minimum atomic E-state index is -2.64. The van der Waals surface area contributed by atoms with Crippen LogP contribution in [0.3, 0.4) is 0 Å². The third-order valence-corrected chi connectivity index (χ3v) is 12.3. The normalized spacial score (nSPS) is 13.2. The predicted octanol–water partition coefficient (Wildman–Crippen LogP) is 7.89. The predicted molar refractivity (Wildman–Crippen MR) is 162 cm³/mol. The van der Waals surface area contributed by atoms with Crippen LogP contribution in [0.2, 0.25) is 5.04 Å². The topological polar surface area (TPSA) is 29.5 Å². The molecular weight excluding hydrogens is 468 g/mol. The van der Waals surface area contributed by atoms with Crippen LogP contribution in [0, 0.1) is 0 Å². The average molecular weight is 515 g/mol. The highest BCUT2D eigenvalue weighted by Crippen LogP contribution is 2.38. The molecule has 0 aliphatic rings. The quantitative estimate of drug-likeness (QED) is 0.175. The lowest BCUT2D eigenvalue weighted by Gasteiger charge is -2.45. The molecule has 2 nitrogen and oxygen atoms in total. The van der Waals surface area contributed by atoms with Crippen LogP contribution in [-0.4, -0.2) is 19.5 Å². The summed E-state index contributed by atoms with van der Waals surface area (Å²) in [7, 11) is -2.64. The second-order valence-electron chi connectivity index (χ2n) is 11.1. The van der Waals surface area contributed by atoms with Crippen molar-refractivity contribution in [2.75, 3.05) is 0 Å². The van der Waals surface area contributed by atoms with Gasteiger partial charge in [0.25, 0.3) is 8.32 Å². The van der Waals surface area contributed by atoms with Gasteiger partial charge in [-0.05, 0) is 39.0 Å². The molecule has 0 saturated heterocycles. The van der Waals surface area contributed by atoms with Crippen molar-refractivity contribution in [3.05, 3.63) is 102 Å². The molecule has 1 N–H and O–H groups in total. The van der Waals surface area contributed by atoms with E-state index in [9.17, 15) is 5.11 Å². The number of benzene rings is 3. The Morgan fingerprint density at radius 3 is 1.95 bits per heavy atom. The number of aliphatic hydroxyl groups excluding tert-OH is 1. The van der Waals surface area contributed by atoms with Crippen LogP contribution in [0.15, 0.2) is 91.0 Å². The van der Waals surface area contributed by atoms with E-state index in [1.54, 1.807) is 0 Å². The number of aliphatic hydroxyl groups is 1. The van der Waals surface area contributed by atoms with Crippen LogP contribution >= 0.6 is 0 Å². The molecule has 1 unspecified atom stereocenters. The first-order chi connectivity index (χ1) is 17.9. The van der Waals surface area contributed by atoms with E-state index in [2.05, 4.69) is 113 Å². The Bertz CT molecular complexity index is 1030. The van der Waals surface area contributed by atoms with Crippen LogP contribution in [0.5, 0.6) is 0 Å². The molecule has 3 rings (SSSR count). The van der Waals surface area contributed by atoms with Crippen molar-refractivity contribution in [2.45, 2.75) is 90.4 Å². The van der Waals surface area contributed by atoms with E-state index in [-0.39, 0.29) is 17.7 Å². The van der Waals surface area contributed by atoms with Crippen LogP contribution in [0.4, 0.5) is 0 Å². The Labute approximate surface area is 226 Å². The summed E-state index contributed by atoms with van der Waals surface area (Å²) in [5, 5.41) is 12.2. The molecular formula is C34H46O2Si. The molecule has 0 fully saturated rings. The smallest absolute Gasteiger partial charge is 0.261 e. The van der Waals surface area contributed by atoms with E-state index in [4.69, 9.17) is 4.43 Å². The summed E-state index contributed by atoms with van der Waals surface area (Å²) in [4.78, 5) is 0. The molecule has 0 saturated carbocycles. The second-order valence-corrected chi connectivity index (χ2v) is 15.4. The Morgan fingerprint density at radius 2 is 1.38 bits per heavy atom. The van der Waals surface area contributed by atoms with Crippen molar-refractivity contribution in [3.8, 4) is 0 Å². The van der Waals surface area contributed by atoms with Gasteiger partial charge in [0.05, 0.1) is 12.7 Å². The third-order valence-electron chi connectivity index (χ3n) is 7.22. The molecule has 198 valence electrons. The summed E-state index contributed by atoms with van der Waals surface area (Å²) < 4.78 is 7.48. The summed E-state index contributed by atoms with van der Waals surface area (Å²) in [6, 6.07) is 30.0. The van der Waals surface area contributed by atoms with Gasteiger partial charge in [-0.15, -0.1) is 0 Å². The summed E-state index contributed by atoms with van der Waals surface area (Å²) >= 11 is 0. The minimum Gasteiger partial charge on any atom is -0.401 e. The van der Waals surface area contributed by atoms with Crippen molar-refractivity contribution in [1.29, 1.82) is 0 Å². The van der Waals surface area contributed by atoms with Gasteiger partial charge in [0.15, 0.2) is 0 Å². The van der Waals surface area contributed by atoms with Crippen molar-refractivity contribution < 1.29 is 9.53 Å². The highest BCUT2D eigenvalue weighted by Gasteiger charge is 2.51. The minimum absolute atomic E-state index is 0.00950. The van der Waals surface area contributed by atoms with Crippen LogP contribution in [0.1, 0.15) is 83.8 Å².